The molecule has 0 N–H and O–H groups in total. The highest BCUT2D eigenvalue weighted by atomic mass is 79.9. The first-order chi connectivity index (χ1) is 6.57. The van der Waals surface area contributed by atoms with Gasteiger partial charge in [-0.15, -0.1) is 0 Å². The van der Waals surface area contributed by atoms with Gasteiger partial charge in [-0.3, -0.25) is 9.48 Å². The van der Waals surface area contributed by atoms with Gasteiger partial charge in [0.25, 0.3) is 0 Å². The molecule has 1 aliphatic carbocycles. The standard InChI is InChI=1S/C9H8BrN3O/c1-13-7(2-8(10)12-13)9(5-11)3-6(14)4-9/h2H,3-4H2,1H3. The maximum absolute atomic E-state index is 11.0. The van der Waals surface area contributed by atoms with Gasteiger partial charge in [-0.2, -0.15) is 10.4 Å². The summed E-state index contributed by atoms with van der Waals surface area (Å²) in [6, 6.07) is 4.01. The zero-order valence-corrected chi connectivity index (χ0v) is 9.21. The SMILES string of the molecule is Cn1nc(Br)cc1C1(C#N)CC(=O)C1. The van der Waals surface area contributed by atoms with E-state index in [1.54, 1.807) is 17.8 Å². The lowest BCUT2D eigenvalue weighted by molar-refractivity contribution is -0.126. The van der Waals surface area contributed by atoms with E-state index in [4.69, 9.17) is 5.26 Å². The highest BCUT2D eigenvalue weighted by molar-refractivity contribution is 9.10. The number of ketones is 1. The lowest BCUT2D eigenvalue weighted by Crippen LogP contribution is -2.41. The number of aryl methyl sites for hydroxylation is 1. The number of hydrogen-bond acceptors (Lipinski definition) is 3. The molecule has 0 unspecified atom stereocenters. The number of halogens is 1. The Morgan fingerprint density at radius 1 is 1.71 bits per heavy atom. The molecule has 0 bridgehead atoms. The summed E-state index contributed by atoms with van der Waals surface area (Å²) in [6.07, 6.45) is 0.630. The number of rotatable bonds is 1. The summed E-state index contributed by atoms with van der Waals surface area (Å²) in [6.45, 7) is 0. The van der Waals surface area contributed by atoms with E-state index in [0.29, 0.717) is 17.4 Å². The van der Waals surface area contributed by atoms with Gasteiger partial charge in [0.05, 0.1) is 11.8 Å². The quantitative estimate of drug-likeness (QED) is 0.759. The minimum absolute atomic E-state index is 0.142. The molecule has 1 saturated carbocycles. The first kappa shape index (κ1) is 9.41. The molecule has 0 saturated heterocycles. The van der Waals surface area contributed by atoms with Crippen molar-refractivity contribution in [1.29, 1.82) is 5.26 Å². The normalized spacial score (nSPS) is 18.8. The second kappa shape index (κ2) is 2.92. The van der Waals surface area contributed by atoms with E-state index in [9.17, 15) is 4.79 Å². The highest BCUT2D eigenvalue weighted by Gasteiger charge is 2.47. The van der Waals surface area contributed by atoms with Crippen molar-refractivity contribution in [2.45, 2.75) is 18.3 Å². The van der Waals surface area contributed by atoms with Crippen molar-refractivity contribution in [3.8, 4) is 6.07 Å². The predicted molar refractivity (Wildman–Crippen MR) is 52.4 cm³/mol. The molecule has 4 nitrogen and oxygen atoms in total. The molecule has 2 rings (SSSR count). The van der Waals surface area contributed by atoms with Crippen molar-refractivity contribution in [3.05, 3.63) is 16.4 Å². The van der Waals surface area contributed by atoms with Crippen LogP contribution in [0.5, 0.6) is 0 Å². The van der Waals surface area contributed by atoms with E-state index in [1.165, 1.54) is 0 Å². The summed E-state index contributed by atoms with van der Waals surface area (Å²) in [5, 5.41) is 13.2. The maximum Gasteiger partial charge on any atom is 0.136 e. The van der Waals surface area contributed by atoms with Crippen LogP contribution in [0.4, 0.5) is 0 Å². The van der Waals surface area contributed by atoms with Crippen LogP contribution >= 0.6 is 15.9 Å². The van der Waals surface area contributed by atoms with Crippen LogP contribution < -0.4 is 0 Å². The van der Waals surface area contributed by atoms with E-state index < -0.39 is 5.41 Å². The zero-order valence-electron chi connectivity index (χ0n) is 7.62. The van der Waals surface area contributed by atoms with Gasteiger partial charge in [0.2, 0.25) is 0 Å². The number of aromatic nitrogens is 2. The third-order valence-corrected chi connectivity index (χ3v) is 2.94. The van der Waals surface area contributed by atoms with Crippen LogP contribution in [0.25, 0.3) is 0 Å². The van der Waals surface area contributed by atoms with Gasteiger partial charge >= 0.3 is 0 Å². The average molecular weight is 254 g/mol. The van der Waals surface area contributed by atoms with Crippen molar-refractivity contribution in [3.63, 3.8) is 0 Å². The van der Waals surface area contributed by atoms with Gasteiger partial charge in [0, 0.05) is 19.9 Å². The molecule has 14 heavy (non-hydrogen) atoms. The Labute approximate surface area is 89.6 Å². The monoisotopic (exact) mass is 253 g/mol. The lowest BCUT2D eigenvalue weighted by atomic mass is 9.67. The van der Waals surface area contributed by atoms with Crippen molar-refractivity contribution >= 4 is 21.7 Å². The van der Waals surface area contributed by atoms with E-state index in [2.05, 4.69) is 27.1 Å². The third kappa shape index (κ3) is 1.18. The summed E-state index contributed by atoms with van der Waals surface area (Å²) < 4.78 is 2.35. The lowest BCUT2D eigenvalue weighted by Gasteiger charge is -2.33. The molecule has 1 aromatic rings. The number of carbonyl (C=O) groups is 1. The van der Waals surface area contributed by atoms with Crippen molar-refractivity contribution in [2.24, 2.45) is 7.05 Å². The van der Waals surface area contributed by atoms with E-state index >= 15 is 0 Å². The van der Waals surface area contributed by atoms with Crippen molar-refractivity contribution in [1.82, 2.24) is 9.78 Å². The number of hydrogen-bond donors (Lipinski definition) is 0. The van der Waals surface area contributed by atoms with Gasteiger partial charge in [-0.25, -0.2) is 0 Å². The number of nitrogens with zero attached hydrogens (tertiary/aromatic N) is 3. The van der Waals surface area contributed by atoms with E-state index in [0.717, 1.165) is 5.69 Å². The van der Waals surface area contributed by atoms with Crippen LogP contribution in [0.15, 0.2) is 10.7 Å². The molecular formula is C9H8BrN3O. The van der Waals surface area contributed by atoms with Crippen molar-refractivity contribution < 1.29 is 4.79 Å². The molecule has 0 radical (unpaired) electrons. The van der Waals surface area contributed by atoms with Gasteiger partial charge < -0.3 is 0 Å². The second-order valence-corrected chi connectivity index (χ2v) is 4.37. The zero-order chi connectivity index (χ0) is 10.3. The molecule has 0 aromatic carbocycles. The first-order valence-electron chi connectivity index (χ1n) is 4.20. The average Bonchev–Trinajstić information content (AvgIpc) is 2.40. The summed E-state index contributed by atoms with van der Waals surface area (Å²) >= 11 is 3.25. The molecule has 0 aliphatic heterocycles. The van der Waals surface area contributed by atoms with E-state index in [-0.39, 0.29) is 5.78 Å². The Bertz CT molecular complexity index is 435. The molecule has 0 atom stereocenters. The molecule has 1 aliphatic rings. The van der Waals surface area contributed by atoms with Crippen LogP contribution in [-0.4, -0.2) is 15.6 Å². The number of Topliss-reactive ketones (excluding diaryl/α,β-unsaturated/α-hetero) is 1. The third-order valence-electron chi connectivity index (χ3n) is 2.55. The summed E-state index contributed by atoms with van der Waals surface area (Å²) in [5.41, 5.74) is 0.177. The predicted octanol–water partition coefficient (Wildman–Crippen LogP) is 1.31. The minimum atomic E-state index is -0.634. The fourth-order valence-electron chi connectivity index (χ4n) is 1.82. The Balaban J connectivity index is 2.44. The molecule has 1 fully saturated rings. The topological polar surface area (TPSA) is 58.7 Å². The molecule has 0 amide bonds. The molecule has 0 spiro atoms. The first-order valence-corrected chi connectivity index (χ1v) is 5.00. The van der Waals surface area contributed by atoms with Gasteiger partial charge in [-0.1, -0.05) is 0 Å². The Morgan fingerprint density at radius 3 is 2.71 bits per heavy atom. The maximum atomic E-state index is 11.0. The fraction of sp³-hybridized carbons (Fsp3) is 0.444. The van der Waals surface area contributed by atoms with Crippen molar-refractivity contribution in [2.75, 3.05) is 0 Å². The Morgan fingerprint density at radius 2 is 2.36 bits per heavy atom. The molecular weight excluding hydrogens is 246 g/mol. The largest absolute Gasteiger partial charge is 0.300 e. The molecule has 1 heterocycles. The fourth-order valence-corrected chi connectivity index (χ4v) is 2.27. The second-order valence-electron chi connectivity index (χ2n) is 3.56. The van der Waals surface area contributed by atoms with Gasteiger partial charge in [0.1, 0.15) is 15.8 Å². The summed E-state index contributed by atoms with van der Waals surface area (Å²) in [5.74, 6) is 0.142. The van der Waals surface area contributed by atoms with Crippen LogP contribution in [0.1, 0.15) is 18.5 Å². The summed E-state index contributed by atoms with van der Waals surface area (Å²) in [7, 11) is 1.78. The molecule has 5 heteroatoms. The number of carbonyl (C=O) groups excluding carboxylic acids is 1. The van der Waals surface area contributed by atoms with E-state index in [1.807, 2.05) is 0 Å². The highest BCUT2D eigenvalue weighted by Crippen LogP contribution is 2.41. The summed E-state index contributed by atoms with van der Waals surface area (Å²) in [4.78, 5) is 11.0. The Kier molecular flexibility index (Phi) is 1.96. The minimum Gasteiger partial charge on any atom is -0.300 e. The smallest absolute Gasteiger partial charge is 0.136 e. The van der Waals surface area contributed by atoms with Crippen LogP contribution in [0.3, 0.4) is 0 Å². The van der Waals surface area contributed by atoms with Gasteiger partial charge in [0.15, 0.2) is 0 Å². The molecule has 72 valence electrons. The van der Waals surface area contributed by atoms with Crippen LogP contribution in [-0.2, 0) is 17.3 Å². The Hall–Kier alpha value is -1.15. The van der Waals surface area contributed by atoms with Gasteiger partial charge in [-0.05, 0) is 22.0 Å². The molecule has 1 aromatic heterocycles. The van der Waals surface area contributed by atoms with Crippen LogP contribution in [0, 0.1) is 11.3 Å². The van der Waals surface area contributed by atoms with Crippen LogP contribution in [0.2, 0.25) is 0 Å². The number of nitriles is 1.